The van der Waals surface area contributed by atoms with Gasteiger partial charge in [-0.2, -0.15) is 26.3 Å². The molecule has 0 bridgehead atoms. The molecule has 0 N–H and O–H groups in total. The standard InChI is InChI=1S/C12H22B2F6O4/c1-7(2)21-13(22-8(3)4)14(23-9(5)11(15,16)17)24-10(6)12(18,19)20/h7-10H,1-6H3. The Morgan fingerprint density at radius 2 is 0.792 bits per heavy atom. The molecule has 24 heavy (non-hydrogen) atoms. The Morgan fingerprint density at radius 1 is 0.542 bits per heavy atom. The molecular weight excluding hydrogens is 344 g/mol. The topological polar surface area (TPSA) is 36.9 Å². The lowest BCUT2D eigenvalue weighted by Crippen LogP contribution is -2.54. The number of hydrogen-bond donors (Lipinski definition) is 0. The summed E-state index contributed by atoms with van der Waals surface area (Å²) in [4.78, 5) is 0. The molecule has 0 spiro atoms. The second-order valence-electron chi connectivity index (χ2n) is 5.75. The van der Waals surface area contributed by atoms with Gasteiger partial charge in [0.15, 0.2) is 0 Å². The van der Waals surface area contributed by atoms with E-state index in [1.54, 1.807) is 27.7 Å². The molecule has 0 aliphatic heterocycles. The van der Waals surface area contributed by atoms with E-state index in [4.69, 9.17) is 9.31 Å². The molecule has 12 heteroatoms. The fourth-order valence-electron chi connectivity index (χ4n) is 1.41. The molecule has 0 fully saturated rings. The maximum Gasteiger partial charge on any atom is 0.488 e. The number of halogens is 6. The number of alkyl halides is 6. The zero-order chi connectivity index (χ0) is 19.3. The first-order valence-electron chi connectivity index (χ1n) is 7.39. The third-order valence-electron chi connectivity index (χ3n) is 2.63. The molecule has 0 saturated heterocycles. The predicted molar refractivity (Wildman–Crippen MR) is 77.2 cm³/mol. The largest absolute Gasteiger partial charge is 0.488 e. The van der Waals surface area contributed by atoms with Gasteiger partial charge in [0, 0.05) is 12.2 Å². The van der Waals surface area contributed by atoms with Crippen molar-refractivity contribution in [1.29, 1.82) is 0 Å². The van der Waals surface area contributed by atoms with Crippen molar-refractivity contribution in [2.75, 3.05) is 0 Å². The number of rotatable bonds is 9. The number of hydrogen-bond acceptors (Lipinski definition) is 4. The Hall–Kier alpha value is -0.450. The minimum atomic E-state index is -4.77. The molecule has 0 aromatic carbocycles. The van der Waals surface area contributed by atoms with Crippen molar-refractivity contribution in [1.82, 2.24) is 0 Å². The van der Waals surface area contributed by atoms with E-state index in [9.17, 15) is 26.3 Å². The molecule has 0 aromatic heterocycles. The Morgan fingerprint density at radius 3 is 1.00 bits per heavy atom. The first-order chi connectivity index (χ1) is 10.6. The lowest BCUT2D eigenvalue weighted by Gasteiger charge is -2.29. The molecule has 142 valence electrons. The van der Waals surface area contributed by atoms with Crippen LogP contribution in [0.1, 0.15) is 41.5 Å². The van der Waals surface area contributed by atoms with Crippen molar-refractivity contribution in [3.63, 3.8) is 0 Å². The van der Waals surface area contributed by atoms with E-state index in [1.165, 1.54) is 0 Å². The van der Waals surface area contributed by atoms with Crippen LogP contribution < -0.4 is 0 Å². The third-order valence-corrected chi connectivity index (χ3v) is 2.63. The first-order valence-corrected chi connectivity index (χ1v) is 7.39. The summed E-state index contributed by atoms with van der Waals surface area (Å²) in [5, 5.41) is 0. The van der Waals surface area contributed by atoms with Crippen molar-refractivity contribution in [2.24, 2.45) is 0 Å². The van der Waals surface area contributed by atoms with Gasteiger partial charge in [-0.05, 0) is 41.5 Å². The highest BCUT2D eigenvalue weighted by molar-refractivity contribution is 7.10. The second-order valence-corrected chi connectivity index (χ2v) is 5.75. The monoisotopic (exact) mass is 366 g/mol. The van der Waals surface area contributed by atoms with Gasteiger partial charge in [0.2, 0.25) is 0 Å². The van der Waals surface area contributed by atoms with Crippen LogP contribution in [0.3, 0.4) is 0 Å². The van der Waals surface area contributed by atoms with E-state index < -0.39 is 50.8 Å². The molecule has 2 unspecified atom stereocenters. The quantitative estimate of drug-likeness (QED) is 0.459. The van der Waals surface area contributed by atoms with Crippen LogP contribution in [0.4, 0.5) is 26.3 Å². The van der Waals surface area contributed by atoms with Gasteiger partial charge in [0.1, 0.15) is 12.2 Å². The molecule has 4 nitrogen and oxygen atoms in total. The molecule has 0 aliphatic carbocycles. The zero-order valence-electron chi connectivity index (χ0n) is 14.4. The van der Waals surface area contributed by atoms with Crippen LogP contribution in [0.25, 0.3) is 0 Å². The van der Waals surface area contributed by atoms with Gasteiger partial charge in [-0.3, -0.25) is 0 Å². The molecule has 0 heterocycles. The maximum atomic E-state index is 12.7. The molecule has 2 atom stereocenters. The molecule has 0 amide bonds. The van der Waals surface area contributed by atoms with Crippen LogP contribution in [-0.2, 0) is 18.6 Å². The smallest absolute Gasteiger partial charge is 0.411 e. The molecular formula is C12H22B2F6O4. The minimum absolute atomic E-state index is 0.536. The van der Waals surface area contributed by atoms with E-state index in [-0.39, 0.29) is 0 Å². The minimum Gasteiger partial charge on any atom is -0.411 e. The lowest BCUT2D eigenvalue weighted by atomic mass is 9.48. The van der Waals surface area contributed by atoms with Gasteiger partial charge in [-0.1, -0.05) is 0 Å². The van der Waals surface area contributed by atoms with Crippen molar-refractivity contribution in [2.45, 2.75) is 78.3 Å². The van der Waals surface area contributed by atoms with E-state index in [0.717, 1.165) is 0 Å². The lowest BCUT2D eigenvalue weighted by molar-refractivity contribution is -0.207. The first kappa shape index (κ1) is 23.5. The molecule has 0 radical (unpaired) electrons. The van der Waals surface area contributed by atoms with Crippen LogP contribution in [-0.4, -0.2) is 50.8 Å². The summed E-state index contributed by atoms with van der Waals surface area (Å²) >= 11 is 0. The van der Waals surface area contributed by atoms with Gasteiger partial charge < -0.3 is 18.6 Å². The highest BCUT2D eigenvalue weighted by atomic mass is 19.4. The highest BCUT2D eigenvalue weighted by Crippen LogP contribution is 2.27. The summed E-state index contributed by atoms with van der Waals surface area (Å²) in [6.07, 6.45) is -15.3. The van der Waals surface area contributed by atoms with Crippen LogP contribution in [0.5, 0.6) is 0 Å². The fourth-order valence-corrected chi connectivity index (χ4v) is 1.41. The summed E-state index contributed by atoms with van der Waals surface area (Å²) in [6, 6.07) is 0. The summed E-state index contributed by atoms with van der Waals surface area (Å²) in [5.74, 6) is 0. The normalized spacial score (nSPS) is 15.8. The van der Waals surface area contributed by atoms with Crippen LogP contribution in [0.2, 0.25) is 0 Å². The van der Waals surface area contributed by atoms with Gasteiger partial charge in [0.05, 0.1) is 0 Å². The fraction of sp³-hybridized carbons (Fsp3) is 1.00. The highest BCUT2D eigenvalue weighted by Gasteiger charge is 2.50. The summed E-state index contributed by atoms with van der Waals surface area (Å²) in [5.41, 5.74) is 0. The summed E-state index contributed by atoms with van der Waals surface area (Å²) in [6.45, 7) is 7.53. The second kappa shape index (κ2) is 9.30. The van der Waals surface area contributed by atoms with Crippen LogP contribution in [0.15, 0.2) is 0 Å². The van der Waals surface area contributed by atoms with Crippen molar-refractivity contribution in [3.8, 4) is 0 Å². The molecule has 0 aliphatic rings. The summed E-state index contributed by atoms with van der Waals surface area (Å²) in [7, 11) is -3.57. The zero-order valence-corrected chi connectivity index (χ0v) is 14.4. The third kappa shape index (κ3) is 9.14. The van der Waals surface area contributed by atoms with Crippen LogP contribution >= 0.6 is 0 Å². The Bertz CT molecular complexity index is 332. The average molecular weight is 366 g/mol. The Balaban J connectivity index is 5.37. The summed E-state index contributed by atoms with van der Waals surface area (Å²) < 4.78 is 95.9. The van der Waals surface area contributed by atoms with Crippen molar-refractivity contribution in [3.05, 3.63) is 0 Å². The molecule has 0 aromatic rings. The Labute approximate surface area is 138 Å². The molecule has 0 saturated carbocycles. The van der Waals surface area contributed by atoms with Crippen molar-refractivity contribution >= 4 is 14.0 Å². The van der Waals surface area contributed by atoms with E-state index >= 15 is 0 Å². The van der Waals surface area contributed by atoms with E-state index in [2.05, 4.69) is 9.31 Å². The maximum absolute atomic E-state index is 12.7. The van der Waals surface area contributed by atoms with Gasteiger partial charge in [-0.15, -0.1) is 0 Å². The van der Waals surface area contributed by atoms with Crippen LogP contribution in [0, 0.1) is 0 Å². The van der Waals surface area contributed by atoms with Crippen molar-refractivity contribution < 1.29 is 45.0 Å². The molecule has 0 rings (SSSR count). The predicted octanol–water partition coefficient (Wildman–Crippen LogP) is 3.83. The average Bonchev–Trinajstić information content (AvgIpc) is 2.33. The van der Waals surface area contributed by atoms with Gasteiger partial charge in [-0.25, -0.2) is 0 Å². The van der Waals surface area contributed by atoms with E-state index in [0.29, 0.717) is 13.8 Å². The van der Waals surface area contributed by atoms with Gasteiger partial charge in [0.25, 0.3) is 0 Å². The van der Waals surface area contributed by atoms with E-state index in [1.807, 2.05) is 0 Å². The Kier molecular flexibility index (Phi) is 9.13. The SMILES string of the molecule is CC(C)OB(OC(C)C)B(OC(C)C(F)(F)F)OC(C)C(F)(F)F. The van der Waals surface area contributed by atoms with Gasteiger partial charge >= 0.3 is 26.4 Å².